The third kappa shape index (κ3) is 7.02. The number of halogens is 2. The molecule has 1 fully saturated rings. The Morgan fingerprint density at radius 1 is 1.14 bits per heavy atom. The lowest BCUT2D eigenvalue weighted by molar-refractivity contribution is 0.0262. The fourth-order valence-corrected chi connectivity index (χ4v) is 6.39. The molecular weight excluding hydrogens is 571 g/mol. The maximum Gasteiger partial charge on any atom is 0.412 e. The van der Waals surface area contributed by atoms with Crippen LogP contribution in [-0.2, 0) is 17.7 Å². The second-order valence-corrected chi connectivity index (χ2v) is 13.3. The van der Waals surface area contributed by atoms with Crippen molar-refractivity contribution in [3.63, 3.8) is 0 Å². The second-order valence-electron chi connectivity index (χ2n) is 12.8. The topological polar surface area (TPSA) is 92.6 Å². The molecule has 3 aromatic rings. The molecule has 2 aliphatic rings. The maximum atomic E-state index is 15.2. The van der Waals surface area contributed by atoms with Crippen molar-refractivity contribution in [1.29, 1.82) is 0 Å². The molecule has 0 unspecified atom stereocenters. The minimum atomic E-state index is -0.803. The minimum absolute atomic E-state index is 0.0249. The molecule has 2 aromatic carbocycles. The Morgan fingerprint density at radius 2 is 1.86 bits per heavy atom. The Labute approximate surface area is 257 Å². The van der Waals surface area contributed by atoms with E-state index in [1.165, 1.54) is 22.8 Å². The highest BCUT2D eigenvalue weighted by Crippen LogP contribution is 2.33. The number of hydrogen-bond donors (Lipinski definition) is 1. The molecule has 1 N–H and O–H groups in total. The second kappa shape index (κ2) is 12.2. The van der Waals surface area contributed by atoms with Crippen LogP contribution in [0.2, 0.25) is 5.02 Å². The van der Waals surface area contributed by atoms with Crippen molar-refractivity contribution in [1.82, 2.24) is 24.8 Å². The van der Waals surface area contributed by atoms with E-state index in [1.54, 1.807) is 25.7 Å². The lowest BCUT2D eigenvalue weighted by atomic mass is 9.87. The number of nitrogens with one attached hydrogen (secondary N) is 1. The van der Waals surface area contributed by atoms with E-state index in [1.807, 2.05) is 24.7 Å². The molecule has 0 saturated carbocycles. The number of rotatable bonds is 5. The van der Waals surface area contributed by atoms with Gasteiger partial charge in [0.15, 0.2) is 0 Å². The molecule has 1 aliphatic carbocycles. The van der Waals surface area contributed by atoms with Crippen LogP contribution in [0.3, 0.4) is 0 Å². The Kier molecular flexibility index (Phi) is 8.81. The number of amides is 2. The van der Waals surface area contributed by atoms with E-state index in [0.717, 1.165) is 31.0 Å². The van der Waals surface area contributed by atoms with Gasteiger partial charge >= 0.3 is 6.09 Å². The first-order chi connectivity index (χ1) is 20.3. The summed E-state index contributed by atoms with van der Waals surface area (Å²) < 4.78 is 22.5. The van der Waals surface area contributed by atoms with Crippen molar-refractivity contribution in [2.24, 2.45) is 0 Å². The summed E-state index contributed by atoms with van der Waals surface area (Å²) in [6, 6.07) is 9.20. The van der Waals surface area contributed by atoms with Crippen LogP contribution in [0, 0.1) is 12.7 Å². The molecule has 2 heterocycles. The van der Waals surface area contributed by atoms with Crippen molar-refractivity contribution >= 4 is 29.3 Å². The summed E-state index contributed by atoms with van der Waals surface area (Å²) >= 11 is 6.08. The van der Waals surface area contributed by atoms with Gasteiger partial charge in [0, 0.05) is 36.7 Å². The van der Waals surface area contributed by atoms with E-state index in [9.17, 15) is 9.59 Å². The van der Waals surface area contributed by atoms with Gasteiger partial charge in [-0.05, 0) is 84.1 Å². The standard InChI is InChI=1S/C32H40ClFN6O3/c1-19-10-11-22-8-7-9-28(25(22)12-19)40-18-24(36-37-40)17-39-20(2)15-38(16-21(39)3)30(41)29-26(34)13-23(33)14-27(29)35-31(42)43-32(4,5)6/h10-14,18,20-21,28H,7-9,15-17H2,1-6H3,(H,35,42)/t20-,21+,28-/m0/s1. The van der Waals surface area contributed by atoms with Gasteiger partial charge in [-0.25, -0.2) is 13.9 Å². The summed E-state index contributed by atoms with van der Waals surface area (Å²) in [5.74, 6) is -1.32. The molecule has 2 amide bonds. The van der Waals surface area contributed by atoms with Crippen LogP contribution in [0.4, 0.5) is 14.9 Å². The molecule has 230 valence electrons. The summed E-state index contributed by atoms with van der Waals surface area (Å²) in [7, 11) is 0. The van der Waals surface area contributed by atoms with Crippen molar-refractivity contribution in [2.75, 3.05) is 18.4 Å². The number of nitrogens with zero attached hydrogens (tertiary/aromatic N) is 5. The maximum absolute atomic E-state index is 15.2. The average molecular weight is 611 g/mol. The Morgan fingerprint density at radius 3 is 2.56 bits per heavy atom. The largest absolute Gasteiger partial charge is 0.444 e. The summed E-state index contributed by atoms with van der Waals surface area (Å²) in [5.41, 5.74) is 3.78. The molecule has 9 nitrogen and oxygen atoms in total. The number of benzene rings is 2. The number of ether oxygens (including phenoxy) is 1. The molecular formula is C32H40ClFN6O3. The van der Waals surface area contributed by atoms with E-state index < -0.39 is 23.4 Å². The van der Waals surface area contributed by atoms with E-state index in [0.29, 0.717) is 19.6 Å². The normalized spacial score (nSPS) is 20.9. The Bertz CT molecular complexity index is 1510. The molecule has 1 aromatic heterocycles. The number of aromatic nitrogens is 3. The number of aryl methyl sites for hydroxylation is 2. The monoisotopic (exact) mass is 610 g/mol. The lowest BCUT2D eigenvalue weighted by Crippen LogP contribution is -2.57. The quantitative estimate of drug-likeness (QED) is 0.360. The molecule has 5 rings (SSSR count). The summed E-state index contributed by atoms with van der Waals surface area (Å²) in [6.45, 7) is 12.7. The van der Waals surface area contributed by atoms with Gasteiger partial charge in [0.2, 0.25) is 0 Å². The summed E-state index contributed by atoms with van der Waals surface area (Å²) in [6.07, 6.45) is 4.47. The lowest BCUT2D eigenvalue weighted by Gasteiger charge is -2.44. The van der Waals surface area contributed by atoms with Gasteiger partial charge in [-0.3, -0.25) is 15.0 Å². The summed E-state index contributed by atoms with van der Waals surface area (Å²) in [4.78, 5) is 30.1. The first-order valence-electron chi connectivity index (χ1n) is 14.8. The van der Waals surface area contributed by atoms with Crippen LogP contribution in [0.5, 0.6) is 0 Å². The zero-order chi connectivity index (χ0) is 31.1. The zero-order valence-corrected chi connectivity index (χ0v) is 26.4. The number of carbonyl (C=O) groups excluding carboxylic acids is 2. The molecule has 3 atom stereocenters. The van der Waals surface area contributed by atoms with E-state index in [4.69, 9.17) is 16.3 Å². The molecule has 1 aliphatic heterocycles. The predicted octanol–water partition coefficient (Wildman–Crippen LogP) is 6.39. The summed E-state index contributed by atoms with van der Waals surface area (Å²) in [5, 5.41) is 11.6. The predicted molar refractivity (Wildman–Crippen MR) is 164 cm³/mol. The van der Waals surface area contributed by atoms with E-state index in [2.05, 4.69) is 45.7 Å². The van der Waals surface area contributed by atoms with Crippen LogP contribution < -0.4 is 5.32 Å². The van der Waals surface area contributed by atoms with Crippen LogP contribution in [0.1, 0.15) is 86.2 Å². The molecule has 0 radical (unpaired) electrons. The number of anilines is 1. The van der Waals surface area contributed by atoms with Gasteiger partial charge in [-0.1, -0.05) is 40.6 Å². The average Bonchev–Trinajstić information content (AvgIpc) is 3.37. The molecule has 11 heteroatoms. The number of hydrogen-bond acceptors (Lipinski definition) is 6. The van der Waals surface area contributed by atoms with E-state index >= 15 is 4.39 Å². The van der Waals surface area contributed by atoms with Gasteiger partial charge in [0.25, 0.3) is 5.91 Å². The number of carbonyl (C=O) groups is 2. The fourth-order valence-electron chi connectivity index (χ4n) is 6.19. The minimum Gasteiger partial charge on any atom is -0.444 e. The van der Waals surface area contributed by atoms with Gasteiger partial charge in [0.1, 0.15) is 11.4 Å². The van der Waals surface area contributed by atoms with Gasteiger partial charge in [0.05, 0.1) is 29.2 Å². The van der Waals surface area contributed by atoms with Gasteiger partial charge in [-0.2, -0.15) is 0 Å². The zero-order valence-electron chi connectivity index (χ0n) is 25.7. The van der Waals surface area contributed by atoms with Crippen molar-refractivity contribution in [3.8, 4) is 0 Å². The highest BCUT2D eigenvalue weighted by atomic mass is 35.5. The molecule has 43 heavy (non-hydrogen) atoms. The molecule has 1 saturated heterocycles. The van der Waals surface area contributed by atoms with E-state index in [-0.39, 0.29) is 34.4 Å². The van der Waals surface area contributed by atoms with Crippen molar-refractivity contribution in [2.45, 2.75) is 91.1 Å². The third-order valence-corrected chi connectivity index (χ3v) is 8.32. The van der Waals surface area contributed by atoms with Crippen molar-refractivity contribution in [3.05, 3.63) is 75.3 Å². The Hall–Kier alpha value is -3.50. The van der Waals surface area contributed by atoms with Crippen LogP contribution in [-0.4, -0.2) is 67.6 Å². The highest BCUT2D eigenvalue weighted by molar-refractivity contribution is 6.31. The Balaban J connectivity index is 1.29. The number of piperazine rings is 1. The van der Waals surface area contributed by atoms with Crippen LogP contribution in [0.25, 0.3) is 0 Å². The van der Waals surface area contributed by atoms with Crippen molar-refractivity contribution < 1.29 is 18.7 Å². The fraction of sp³-hybridized carbons (Fsp3) is 0.500. The highest BCUT2D eigenvalue weighted by Gasteiger charge is 2.35. The first kappa shape index (κ1) is 30.9. The van der Waals surface area contributed by atoms with Crippen LogP contribution >= 0.6 is 11.6 Å². The first-order valence-corrected chi connectivity index (χ1v) is 15.2. The third-order valence-electron chi connectivity index (χ3n) is 8.10. The SMILES string of the molecule is Cc1ccc2c(c1)[C@@H](n1cc(CN3[C@H](C)CN(C(=O)c4c(F)cc(Cl)cc4NC(=O)OC(C)(C)C)C[C@@H]3C)nn1)CCC2. The molecule has 0 bridgehead atoms. The van der Waals surface area contributed by atoms with Gasteiger partial charge in [-0.15, -0.1) is 5.10 Å². The number of fused-ring (bicyclic) bond motifs is 1. The van der Waals surface area contributed by atoms with Gasteiger partial charge < -0.3 is 9.64 Å². The molecule has 0 spiro atoms. The smallest absolute Gasteiger partial charge is 0.412 e. The van der Waals surface area contributed by atoms with Crippen LogP contribution in [0.15, 0.2) is 36.5 Å².